The summed E-state index contributed by atoms with van der Waals surface area (Å²) in [6.45, 7) is 0. The molecule has 2 aromatic heterocycles. The molecule has 0 aliphatic rings. The SMILES string of the molecule is NC(=O)c1ccccn1.NC(=O)c1ccccn1.[Cl-].[Cl-].[Cl-].[OH3+].[OH3+].[OH3+].[OH3+].[OH3+].[Sm+3]. The van der Waals surface area contributed by atoms with Gasteiger partial charge in [-0.05, 0) is 24.3 Å². The summed E-state index contributed by atoms with van der Waals surface area (Å²) in [4.78, 5) is 28.1. The molecule has 19 N–H and O–H groups in total. The third-order valence-electron chi connectivity index (χ3n) is 1.83. The van der Waals surface area contributed by atoms with Gasteiger partial charge in [0.1, 0.15) is 11.4 Å². The van der Waals surface area contributed by atoms with Gasteiger partial charge in [-0.15, -0.1) is 0 Å². The summed E-state index contributed by atoms with van der Waals surface area (Å²) in [5.74, 6) is -0.980. The third-order valence-corrected chi connectivity index (χ3v) is 1.83. The van der Waals surface area contributed by atoms with Crippen molar-refractivity contribution in [3.05, 3.63) is 60.2 Å². The second kappa shape index (κ2) is 32.9. The van der Waals surface area contributed by atoms with E-state index >= 15 is 0 Å². The maximum absolute atomic E-state index is 10.4. The van der Waals surface area contributed by atoms with Crippen LogP contribution >= 0.6 is 0 Å². The van der Waals surface area contributed by atoms with Crippen LogP contribution in [0.25, 0.3) is 0 Å². The number of hydrogen-bond acceptors (Lipinski definition) is 4. The largest absolute Gasteiger partial charge is 3.00 e. The number of carbonyl (C=O) groups excluding carboxylic acids is 2. The predicted molar refractivity (Wildman–Crippen MR) is 89.9 cm³/mol. The van der Waals surface area contributed by atoms with Crippen LogP contribution in [0.5, 0.6) is 0 Å². The molecule has 1 radical (unpaired) electrons. The number of primary amides is 2. The van der Waals surface area contributed by atoms with Crippen LogP contribution < -0.4 is 48.7 Å². The molecule has 15 heteroatoms. The first-order valence-corrected chi connectivity index (χ1v) is 5.03. The van der Waals surface area contributed by atoms with Crippen molar-refractivity contribution in [1.29, 1.82) is 0 Å². The van der Waals surface area contributed by atoms with E-state index in [1.54, 1.807) is 36.4 Å². The van der Waals surface area contributed by atoms with E-state index < -0.39 is 11.8 Å². The summed E-state index contributed by atoms with van der Waals surface area (Å²) in [6.07, 6.45) is 3.06. The van der Waals surface area contributed by atoms with Gasteiger partial charge in [0, 0.05) is 12.4 Å². The molecule has 0 saturated heterocycles. The molecule has 0 saturated carbocycles. The first-order chi connectivity index (χ1) is 8.61. The minimum Gasteiger partial charge on any atom is -1.00 e. The van der Waals surface area contributed by atoms with Gasteiger partial charge >= 0.3 is 40.4 Å². The molecule has 0 unspecified atom stereocenters. The van der Waals surface area contributed by atoms with Crippen molar-refractivity contribution >= 4 is 11.8 Å². The van der Waals surface area contributed by atoms with Gasteiger partial charge in [0.05, 0.1) is 0 Å². The summed E-state index contributed by atoms with van der Waals surface area (Å²) in [5.41, 5.74) is 10.4. The number of pyridine rings is 2. The molecule has 2 heterocycles. The fraction of sp³-hybridized carbons (Fsp3) is 0. The van der Waals surface area contributed by atoms with E-state index in [4.69, 9.17) is 11.5 Å². The molecule has 0 aliphatic heterocycles. The molecule has 27 heavy (non-hydrogen) atoms. The van der Waals surface area contributed by atoms with Crippen LogP contribution in [-0.2, 0) is 27.4 Å². The number of amides is 2. The summed E-state index contributed by atoms with van der Waals surface area (Å²) < 4.78 is 0. The van der Waals surface area contributed by atoms with Crippen LogP contribution in [0.15, 0.2) is 48.8 Å². The van der Waals surface area contributed by atoms with Crippen molar-refractivity contribution in [1.82, 2.24) is 9.97 Å². The minimum absolute atomic E-state index is 0. The molecule has 159 valence electrons. The average molecular weight is 596 g/mol. The quantitative estimate of drug-likeness (QED) is 0.320. The van der Waals surface area contributed by atoms with E-state index in [-0.39, 0.29) is 105 Å². The molecule has 11 nitrogen and oxygen atoms in total. The molecular formula is C12H27Cl3N4O7Sm+5. The van der Waals surface area contributed by atoms with Crippen molar-refractivity contribution in [2.75, 3.05) is 0 Å². The smallest absolute Gasteiger partial charge is 1.00 e. The van der Waals surface area contributed by atoms with E-state index in [0.717, 1.165) is 0 Å². The molecule has 0 spiro atoms. The normalized spacial score (nSPS) is 5.93. The van der Waals surface area contributed by atoms with Gasteiger partial charge < -0.3 is 76.1 Å². The van der Waals surface area contributed by atoms with E-state index in [2.05, 4.69) is 9.97 Å². The molecule has 0 fully saturated rings. The summed E-state index contributed by atoms with van der Waals surface area (Å²) in [7, 11) is 0. The molecule has 0 atom stereocenters. The van der Waals surface area contributed by atoms with Crippen molar-refractivity contribution < 1.29 is 115 Å². The Balaban J connectivity index is -0.0000000257. The number of carbonyl (C=O) groups is 2. The summed E-state index contributed by atoms with van der Waals surface area (Å²) in [6, 6.07) is 10.0. The minimum atomic E-state index is -0.490. The first kappa shape index (κ1) is 56.2. The predicted octanol–water partition coefficient (Wildman–Crippen LogP) is -13.2. The van der Waals surface area contributed by atoms with Crippen LogP contribution in [0.2, 0.25) is 0 Å². The van der Waals surface area contributed by atoms with Crippen molar-refractivity contribution in [3.8, 4) is 0 Å². The number of halogens is 3. The topological polar surface area (TPSA) is 277 Å². The van der Waals surface area contributed by atoms with E-state index in [1.807, 2.05) is 0 Å². The molecule has 0 aliphatic carbocycles. The van der Waals surface area contributed by atoms with Gasteiger partial charge in [-0.2, -0.15) is 0 Å². The van der Waals surface area contributed by atoms with Gasteiger partial charge in [-0.1, -0.05) is 12.1 Å². The van der Waals surface area contributed by atoms with E-state index in [0.29, 0.717) is 11.4 Å². The number of aromatic nitrogens is 2. The Morgan fingerprint density at radius 2 is 0.889 bits per heavy atom. The van der Waals surface area contributed by atoms with Crippen LogP contribution in [0.1, 0.15) is 21.0 Å². The second-order valence-electron chi connectivity index (χ2n) is 3.16. The zero-order valence-electron chi connectivity index (χ0n) is 13.9. The molecule has 0 aromatic carbocycles. The number of rotatable bonds is 2. The Bertz CT molecular complexity index is 496. The zero-order chi connectivity index (χ0) is 13.4. The van der Waals surface area contributed by atoms with Gasteiger partial charge in [0.2, 0.25) is 0 Å². The standard InChI is InChI=1S/2C6H6N2O.3ClH.5H2O.Sm/c2*7-6(9)5-3-1-2-4-8-5;;;;;;;;;/h2*1-4H,(H2,7,9);3*1H;5*1H2;/q;;;;;;;;;;+3/p+2. The molecule has 2 aromatic rings. The van der Waals surface area contributed by atoms with Gasteiger partial charge in [-0.3, -0.25) is 19.6 Å². The molecule has 0 bridgehead atoms. The number of hydrogen-bond donors (Lipinski definition) is 2. The average Bonchev–Trinajstić information content (AvgIpc) is 2.41. The Labute approximate surface area is 206 Å². The van der Waals surface area contributed by atoms with Crippen molar-refractivity contribution in [2.24, 2.45) is 11.5 Å². The van der Waals surface area contributed by atoms with E-state index in [9.17, 15) is 9.59 Å². The zero-order valence-corrected chi connectivity index (χ0v) is 18.8. The van der Waals surface area contributed by atoms with Gasteiger partial charge in [0.25, 0.3) is 11.8 Å². The van der Waals surface area contributed by atoms with Gasteiger partial charge in [-0.25, -0.2) is 0 Å². The molecular weight excluding hydrogens is 569 g/mol. The van der Waals surface area contributed by atoms with Crippen LogP contribution in [0.4, 0.5) is 0 Å². The third kappa shape index (κ3) is 25.2. The molecule has 2 rings (SSSR count). The van der Waals surface area contributed by atoms with Crippen LogP contribution in [0, 0.1) is 40.4 Å². The Kier molecular flexibility index (Phi) is 68.5. The van der Waals surface area contributed by atoms with Crippen LogP contribution in [-0.4, -0.2) is 21.8 Å². The van der Waals surface area contributed by atoms with Crippen molar-refractivity contribution in [3.63, 3.8) is 0 Å². The Morgan fingerprint density at radius 3 is 1.00 bits per heavy atom. The summed E-state index contributed by atoms with van der Waals surface area (Å²) >= 11 is 0. The maximum Gasteiger partial charge on any atom is 3.00 e. The molecule has 2 amide bonds. The fourth-order valence-corrected chi connectivity index (χ4v) is 1.02. The Hall–Kier alpha value is -0.752. The van der Waals surface area contributed by atoms with Crippen LogP contribution in [0.3, 0.4) is 0 Å². The van der Waals surface area contributed by atoms with E-state index in [1.165, 1.54) is 12.4 Å². The van der Waals surface area contributed by atoms with Gasteiger partial charge in [0.15, 0.2) is 0 Å². The first-order valence-electron chi connectivity index (χ1n) is 5.03. The summed E-state index contributed by atoms with van der Waals surface area (Å²) in [5, 5.41) is 0. The monoisotopic (exact) mass is 596 g/mol. The number of nitrogens with zero attached hydrogens (tertiary/aromatic N) is 2. The second-order valence-corrected chi connectivity index (χ2v) is 3.16. The van der Waals surface area contributed by atoms with Crippen molar-refractivity contribution in [2.45, 2.75) is 0 Å². The Morgan fingerprint density at radius 1 is 0.630 bits per heavy atom. The number of nitrogens with two attached hydrogens (primary N) is 2. The fourth-order valence-electron chi connectivity index (χ4n) is 1.02. The maximum atomic E-state index is 10.4.